The minimum absolute atomic E-state index is 0.177. The van der Waals surface area contributed by atoms with Crippen molar-refractivity contribution in [1.82, 2.24) is 15.3 Å². The number of nitrogens with zero attached hydrogens (tertiary/aromatic N) is 3. The number of pyridine rings is 2. The Labute approximate surface area is 193 Å². The van der Waals surface area contributed by atoms with Gasteiger partial charge < -0.3 is 10.6 Å². The summed E-state index contributed by atoms with van der Waals surface area (Å²) in [7, 11) is 0. The quantitative estimate of drug-likeness (QED) is 0.424. The molecule has 0 aliphatic heterocycles. The van der Waals surface area contributed by atoms with Gasteiger partial charge in [0.25, 0.3) is 5.91 Å². The molecule has 4 rings (SSSR count). The standard InChI is InChI=1S/C27H23N5O/c28-16-21-6-3-5-20(15-21)12-14-30-25-9-2-1-8-24(25)26-11-10-23(19-31-26)27(33)32-18-22-7-4-13-29-17-22/h1-11,13,15,17,19,30H,12,14,18H2,(H,32,33). The highest BCUT2D eigenvalue weighted by molar-refractivity contribution is 5.94. The molecule has 0 spiro atoms. The van der Waals surface area contributed by atoms with E-state index in [1.807, 2.05) is 60.7 Å². The zero-order valence-electron chi connectivity index (χ0n) is 18.0. The molecule has 2 N–H and O–H groups in total. The van der Waals surface area contributed by atoms with E-state index in [0.29, 0.717) is 17.7 Å². The van der Waals surface area contributed by atoms with Gasteiger partial charge in [0.15, 0.2) is 0 Å². The molecule has 6 nitrogen and oxygen atoms in total. The average Bonchev–Trinajstić information content (AvgIpc) is 2.88. The van der Waals surface area contributed by atoms with Crippen LogP contribution in [0.5, 0.6) is 0 Å². The first-order chi connectivity index (χ1) is 16.2. The van der Waals surface area contributed by atoms with E-state index in [0.717, 1.165) is 41.0 Å². The molecule has 2 heterocycles. The Morgan fingerprint density at radius 2 is 1.82 bits per heavy atom. The van der Waals surface area contributed by atoms with Crippen LogP contribution < -0.4 is 10.6 Å². The molecule has 1 amide bonds. The molecule has 2 aromatic heterocycles. The van der Waals surface area contributed by atoms with Crippen molar-refractivity contribution in [3.05, 3.63) is 114 Å². The molecular formula is C27H23N5O. The van der Waals surface area contributed by atoms with Gasteiger partial charge in [-0.1, -0.05) is 36.4 Å². The molecule has 0 fully saturated rings. The van der Waals surface area contributed by atoms with Gasteiger partial charge in [0.2, 0.25) is 0 Å². The molecular weight excluding hydrogens is 410 g/mol. The number of para-hydroxylation sites is 1. The Balaban J connectivity index is 1.39. The summed E-state index contributed by atoms with van der Waals surface area (Å²) in [4.78, 5) is 21.0. The van der Waals surface area contributed by atoms with Gasteiger partial charge in [0, 0.05) is 42.9 Å². The molecule has 162 valence electrons. The van der Waals surface area contributed by atoms with Gasteiger partial charge in [-0.05, 0) is 53.9 Å². The Morgan fingerprint density at radius 3 is 2.61 bits per heavy atom. The molecule has 0 saturated carbocycles. The number of hydrogen-bond acceptors (Lipinski definition) is 5. The lowest BCUT2D eigenvalue weighted by atomic mass is 10.1. The first-order valence-corrected chi connectivity index (χ1v) is 10.7. The monoisotopic (exact) mass is 433 g/mol. The van der Waals surface area contributed by atoms with Crippen molar-refractivity contribution in [2.75, 3.05) is 11.9 Å². The minimum Gasteiger partial charge on any atom is -0.384 e. The van der Waals surface area contributed by atoms with Gasteiger partial charge >= 0.3 is 0 Å². The van der Waals surface area contributed by atoms with Crippen LogP contribution >= 0.6 is 0 Å². The fourth-order valence-electron chi connectivity index (χ4n) is 3.47. The van der Waals surface area contributed by atoms with E-state index in [2.05, 4.69) is 26.7 Å². The number of amides is 1. The molecule has 0 radical (unpaired) electrons. The van der Waals surface area contributed by atoms with E-state index >= 15 is 0 Å². The fraction of sp³-hybridized carbons (Fsp3) is 0.111. The first-order valence-electron chi connectivity index (χ1n) is 10.7. The average molecular weight is 434 g/mol. The zero-order chi connectivity index (χ0) is 22.9. The number of nitriles is 1. The predicted octanol–water partition coefficient (Wildman–Crippen LogP) is 4.60. The van der Waals surface area contributed by atoms with Gasteiger partial charge in [-0.2, -0.15) is 5.26 Å². The molecule has 2 aromatic carbocycles. The molecule has 0 bridgehead atoms. The first kappa shape index (κ1) is 21.7. The summed E-state index contributed by atoms with van der Waals surface area (Å²) in [6, 6.07) is 25.2. The number of hydrogen-bond donors (Lipinski definition) is 2. The molecule has 6 heteroatoms. The fourth-order valence-corrected chi connectivity index (χ4v) is 3.47. The van der Waals surface area contributed by atoms with Gasteiger partial charge in [0.05, 0.1) is 22.9 Å². The number of rotatable bonds is 8. The highest BCUT2D eigenvalue weighted by Gasteiger charge is 2.09. The number of benzene rings is 2. The highest BCUT2D eigenvalue weighted by Crippen LogP contribution is 2.26. The third-order valence-electron chi connectivity index (χ3n) is 5.19. The molecule has 0 aliphatic rings. The zero-order valence-corrected chi connectivity index (χ0v) is 18.0. The lowest BCUT2D eigenvalue weighted by Crippen LogP contribution is -2.22. The summed E-state index contributed by atoms with van der Waals surface area (Å²) in [6.45, 7) is 1.14. The van der Waals surface area contributed by atoms with E-state index in [-0.39, 0.29) is 5.91 Å². The molecule has 33 heavy (non-hydrogen) atoms. The topological polar surface area (TPSA) is 90.7 Å². The van der Waals surface area contributed by atoms with Gasteiger partial charge in [-0.25, -0.2) is 0 Å². The number of nitrogens with one attached hydrogen (secondary N) is 2. The van der Waals surface area contributed by atoms with Crippen molar-refractivity contribution >= 4 is 11.6 Å². The van der Waals surface area contributed by atoms with Crippen LogP contribution in [-0.4, -0.2) is 22.4 Å². The van der Waals surface area contributed by atoms with Crippen molar-refractivity contribution in [2.45, 2.75) is 13.0 Å². The number of aromatic nitrogens is 2. The van der Waals surface area contributed by atoms with Crippen molar-refractivity contribution < 1.29 is 4.79 Å². The van der Waals surface area contributed by atoms with Crippen LogP contribution in [0.4, 0.5) is 5.69 Å². The molecule has 0 unspecified atom stereocenters. The third kappa shape index (κ3) is 5.81. The summed E-state index contributed by atoms with van der Waals surface area (Å²) in [5, 5.41) is 15.4. The van der Waals surface area contributed by atoms with Crippen LogP contribution in [0.2, 0.25) is 0 Å². The molecule has 0 atom stereocenters. The van der Waals surface area contributed by atoms with E-state index in [1.54, 1.807) is 30.7 Å². The highest BCUT2D eigenvalue weighted by atomic mass is 16.1. The second kappa shape index (κ2) is 10.7. The van der Waals surface area contributed by atoms with Gasteiger partial charge in [-0.3, -0.25) is 14.8 Å². The largest absolute Gasteiger partial charge is 0.384 e. The maximum Gasteiger partial charge on any atom is 0.253 e. The predicted molar refractivity (Wildman–Crippen MR) is 128 cm³/mol. The Hall–Kier alpha value is -4.50. The van der Waals surface area contributed by atoms with Crippen LogP contribution in [-0.2, 0) is 13.0 Å². The Kier molecular flexibility index (Phi) is 7.04. The number of carbonyl (C=O) groups is 1. The summed E-state index contributed by atoms with van der Waals surface area (Å²) in [6.07, 6.45) is 5.82. The van der Waals surface area contributed by atoms with Crippen LogP contribution in [0.1, 0.15) is 27.0 Å². The van der Waals surface area contributed by atoms with Crippen molar-refractivity contribution in [3.63, 3.8) is 0 Å². The van der Waals surface area contributed by atoms with E-state index in [9.17, 15) is 4.79 Å². The second-order valence-electron chi connectivity index (χ2n) is 7.51. The SMILES string of the molecule is N#Cc1cccc(CCNc2ccccc2-c2ccc(C(=O)NCc3cccnc3)cn2)c1. The lowest BCUT2D eigenvalue weighted by Gasteiger charge is -2.12. The maximum atomic E-state index is 12.5. The van der Waals surface area contributed by atoms with Crippen LogP contribution in [0.25, 0.3) is 11.3 Å². The molecule has 0 aliphatic carbocycles. The van der Waals surface area contributed by atoms with Crippen LogP contribution in [0, 0.1) is 11.3 Å². The second-order valence-corrected chi connectivity index (χ2v) is 7.51. The van der Waals surface area contributed by atoms with Gasteiger partial charge in [0.1, 0.15) is 0 Å². The van der Waals surface area contributed by atoms with Crippen molar-refractivity contribution in [3.8, 4) is 17.3 Å². The number of carbonyl (C=O) groups excluding carboxylic acids is 1. The van der Waals surface area contributed by atoms with E-state index in [1.165, 1.54) is 0 Å². The summed E-state index contributed by atoms with van der Waals surface area (Å²) in [5.74, 6) is -0.177. The van der Waals surface area contributed by atoms with Crippen LogP contribution in [0.15, 0.2) is 91.4 Å². The minimum atomic E-state index is -0.177. The third-order valence-corrected chi connectivity index (χ3v) is 5.19. The Bertz CT molecular complexity index is 1260. The van der Waals surface area contributed by atoms with Crippen LogP contribution in [0.3, 0.4) is 0 Å². The normalized spacial score (nSPS) is 10.3. The van der Waals surface area contributed by atoms with Crippen molar-refractivity contribution in [1.29, 1.82) is 5.26 Å². The van der Waals surface area contributed by atoms with Gasteiger partial charge in [-0.15, -0.1) is 0 Å². The smallest absolute Gasteiger partial charge is 0.253 e. The summed E-state index contributed by atoms with van der Waals surface area (Å²) in [5.41, 5.74) is 5.94. The number of anilines is 1. The maximum absolute atomic E-state index is 12.5. The lowest BCUT2D eigenvalue weighted by molar-refractivity contribution is 0.0950. The summed E-state index contributed by atoms with van der Waals surface area (Å²) < 4.78 is 0. The molecule has 4 aromatic rings. The molecule has 0 saturated heterocycles. The van der Waals surface area contributed by atoms with Crippen molar-refractivity contribution in [2.24, 2.45) is 0 Å². The Morgan fingerprint density at radius 1 is 0.939 bits per heavy atom. The van der Waals surface area contributed by atoms with E-state index in [4.69, 9.17) is 5.26 Å². The van der Waals surface area contributed by atoms with E-state index < -0.39 is 0 Å². The summed E-state index contributed by atoms with van der Waals surface area (Å²) >= 11 is 0.